The molecule has 2 aromatic carbocycles. The van der Waals surface area contributed by atoms with Crippen LogP contribution in [0.1, 0.15) is 15.2 Å². The molecule has 1 aromatic heterocycles. The summed E-state index contributed by atoms with van der Waals surface area (Å²) in [6.07, 6.45) is 0. The van der Waals surface area contributed by atoms with Crippen LogP contribution in [0.3, 0.4) is 0 Å². The Balaban J connectivity index is 1.49. The van der Waals surface area contributed by atoms with E-state index in [0.717, 1.165) is 30.9 Å². The van der Waals surface area contributed by atoms with Gasteiger partial charge in [-0.2, -0.15) is 0 Å². The molecular formula is C22H21FN2O2S. The molecule has 0 bridgehead atoms. The van der Waals surface area contributed by atoms with Gasteiger partial charge in [-0.05, 0) is 36.1 Å². The van der Waals surface area contributed by atoms with Crippen molar-refractivity contribution in [2.45, 2.75) is 6.61 Å². The van der Waals surface area contributed by atoms with E-state index in [1.54, 1.807) is 6.07 Å². The molecule has 3 aromatic rings. The maximum Gasteiger partial charge on any atom is 0.264 e. The zero-order chi connectivity index (χ0) is 19.1. The van der Waals surface area contributed by atoms with Crippen molar-refractivity contribution in [3.8, 4) is 5.75 Å². The number of thiophene rings is 1. The third kappa shape index (κ3) is 3.06. The molecule has 0 unspecified atom stereocenters. The van der Waals surface area contributed by atoms with Gasteiger partial charge in [-0.3, -0.25) is 4.79 Å². The lowest BCUT2D eigenvalue weighted by Gasteiger charge is -2.18. The lowest BCUT2D eigenvalue weighted by molar-refractivity contribution is 0.0784. The molecule has 3 heterocycles. The van der Waals surface area contributed by atoms with E-state index in [9.17, 15) is 9.18 Å². The number of benzene rings is 2. The molecular weight excluding hydrogens is 375 g/mol. The van der Waals surface area contributed by atoms with Gasteiger partial charge in [-0.25, -0.2) is 4.39 Å². The lowest BCUT2D eigenvalue weighted by atomic mass is 10.0. The van der Waals surface area contributed by atoms with Crippen molar-refractivity contribution in [1.29, 1.82) is 0 Å². The summed E-state index contributed by atoms with van der Waals surface area (Å²) in [6, 6.07) is 14.4. The van der Waals surface area contributed by atoms with Gasteiger partial charge < -0.3 is 15.0 Å². The largest absolute Gasteiger partial charge is 0.489 e. The van der Waals surface area contributed by atoms with Gasteiger partial charge in [0.15, 0.2) is 0 Å². The summed E-state index contributed by atoms with van der Waals surface area (Å²) in [6.45, 7) is 3.66. The van der Waals surface area contributed by atoms with Gasteiger partial charge in [-0.1, -0.05) is 24.3 Å². The number of rotatable bonds is 4. The molecule has 6 heteroatoms. The van der Waals surface area contributed by atoms with Crippen molar-refractivity contribution < 1.29 is 13.9 Å². The molecule has 0 radical (unpaired) electrons. The van der Waals surface area contributed by atoms with Crippen molar-refractivity contribution >= 4 is 27.3 Å². The Morgan fingerprint density at radius 3 is 2.61 bits per heavy atom. The normalized spacial score (nSPS) is 21.2. The number of halogens is 1. The van der Waals surface area contributed by atoms with Crippen LogP contribution in [0.5, 0.6) is 5.75 Å². The summed E-state index contributed by atoms with van der Waals surface area (Å²) in [4.78, 5) is 15.9. The van der Waals surface area contributed by atoms with Crippen LogP contribution in [0.25, 0.3) is 10.1 Å². The summed E-state index contributed by atoms with van der Waals surface area (Å²) in [5.41, 5.74) is 0.655. The van der Waals surface area contributed by atoms with E-state index in [2.05, 4.69) is 5.32 Å². The van der Waals surface area contributed by atoms with Crippen LogP contribution < -0.4 is 10.1 Å². The molecule has 2 fully saturated rings. The van der Waals surface area contributed by atoms with E-state index in [1.807, 2.05) is 41.3 Å². The maximum atomic E-state index is 14.6. The number of hydrogen-bond donors (Lipinski definition) is 1. The third-order valence-corrected chi connectivity index (χ3v) is 6.95. The fourth-order valence-electron chi connectivity index (χ4n) is 4.31. The minimum atomic E-state index is -0.304. The zero-order valence-corrected chi connectivity index (χ0v) is 16.2. The highest BCUT2D eigenvalue weighted by Crippen LogP contribution is 2.36. The number of fused-ring (bicyclic) bond motifs is 2. The number of nitrogens with one attached hydrogen (secondary N) is 1. The molecule has 0 aliphatic carbocycles. The van der Waals surface area contributed by atoms with Gasteiger partial charge in [0.05, 0.1) is 4.88 Å². The molecule has 28 heavy (non-hydrogen) atoms. The Morgan fingerprint density at radius 2 is 1.86 bits per heavy atom. The number of carbonyl (C=O) groups is 1. The Hall–Kier alpha value is -2.44. The molecule has 4 nitrogen and oxygen atoms in total. The lowest BCUT2D eigenvalue weighted by Crippen LogP contribution is -2.32. The number of amides is 1. The number of ether oxygens (including phenoxy) is 1. The van der Waals surface area contributed by atoms with Gasteiger partial charge in [0.1, 0.15) is 18.2 Å². The molecule has 2 saturated heterocycles. The second-order valence-electron chi connectivity index (χ2n) is 7.51. The summed E-state index contributed by atoms with van der Waals surface area (Å²) in [7, 11) is 0. The van der Waals surface area contributed by atoms with Gasteiger partial charge in [0, 0.05) is 41.8 Å². The molecule has 2 atom stereocenters. The standard InChI is InChI=1S/C22H21FN2O2S/c23-18-7-4-8-19-20(18)17(13-27-16-5-2-1-3-6-16)21(28-19)22(26)25-11-14-9-24-10-15(14)12-25/h1-8,14-15,24H,9-13H2/t14-,15+. The zero-order valence-electron chi connectivity index (χ0n) is 15.4. The van der Waals surface area contributed by atoms with Gasteiger partial charge in [-0.15, -0.1) is 11.3 Å². The predicted octanol–water partition coefficient (Wildman–Crippen LogP) is 3.91. The SMILES string of the molecule is O=C(c1sc2cccc(F)c2c1COc1ccccc1)N1C[C@H]2CNC[C@H]2C1. The topological polar surface area (TPSA) is 41.6 Å². The number of hydrogen-bond acceptors (Lipinski definition) is 4. The molecule has 0 spiro atoms. The fourth-order valence-corrected chi connectivity index (χ4v) is 5.50. The number of para-hydroxylation sites is 1. The highest BCUT2D eigenvalue weighted by molar-refractivity contribution is 7.21. The van der Waals surface area contributed by atoms with E-state index in [0.29, 0.717) is 33.4 Å². The van der Waals surface area contributed by atoms with Crippen molar-refractivity contribution in [2.24, 2.45) is 11.8 Å². The minimum absolute atomic E-state index is 0.00154. The van der Waals surface area contributed by atoms with Crippen LogP contribution in [0, 0.1) is 17.7 Å². The summed E-state index contributed by atoms with van der Waals surface area (Å²) in [5, 5.41) is 3.90. The second-order valence-corrected chi connectivity index (χ2v) is 8.57. The summed E-state index contributed by atoms with van der Waals surface area (Å²) >= 11 is 1.37. The van der Waals surface area contributed by atoms with Crippen molar-refractivity contribution in [3.63, 3.8) is 0 Å². The first-order valence-corrected chi connectivity index (χ1v) is 10.4. The van der Waals surface area contributed by atoms with E-state index in [-0.39, 0.29) is 18.3 Å². The Labute approximate surface area is 166 Å². The average Bonchev–Trinajstić information content (AvgIpc) is 3.40. The van der Waals surface area contributed by atoms with Gasteiger partial charge in [0.2, 0.25) is 0 Å². The van der Waals surface area contributed by atoms with Crippen LogP contribution in [0.15, 0.2) is 48.5 Å². The predicted molar refractivity (Wildman–Crippen MR) is 108 cm³/mol. The van der Waals surface area contributed by atoms with E-state index < -0.39 is 0 Å². The Morgan fingerprint density at radius 1 is 1.11 bits per heavy atom. The van der Waals surface area contributed by atoms with Crippen LogP contribution in [0.4, 0.5) is 4.39 Å². The second kappa shape index (κ2) is 7.18. The number of likely N-dealkylation sites (tertiary alicyclic amines) is 1. The Kier molecular flexibility index (Phi) is 4.53. The molecule has 1 N–H and O–H groups in total. The fraction of sp³-hybridized carbons (Fsp3) is 0.318. The molecule has 144 valence electrons. The summed E-state index contributed by atoms with van der Waals surface area (Å²) in [5.74, 6) is 1.46. The van der Waals surface area contributed by atoms with Crippen molar-refractivity contribution in [2.75, 3.05) is 26.2 Å². The minimum Gasteiger partial charge on any atom is -0.489 e. The molecule has 1 amide bonds. The number of nitrogens with zero attached hydrogens (tertiary/aromatic N) is 1. The van der Waals surface area contributed by atoms with Crippen molar-refractivity contribution in [1.82, 2.24) is 10.2 Å². The number of carbonyl (C=O) groups excluding carboxylic acids is 1. The summed E-state index contributed by atoms with van der Waals surface area (Å²) < 4.78 is 21.3. The monoisotopic (exact) mass is 396 g/mol. The van der Waals surface area contributed by atoms with Crippen LogP contribution in [-0.4, -0.2) is 37.0 Å². The van der Waals surface area contributed by atoms with Gasteiger partial charge >= 0.3 is 0 Å². The van der Waals surface area contributed by atoms with Crippen molar-refractivity contribution in [3.05, 3.63) is 64.8 Å². The molecule has 0 saturated carbocycles. The maximum absolute atomic E-state index is 14.6. The van der Waals surface area contributed by atoms with E-state index in [4.69, 9.17) is 4.74 Å². The highest BCUT2D eigenvalue weighted by Gasteiger charge is 2.39. The molecule has 5 rings (SSSR count). The highest BCUT2D eigenvalue weighted by atomic mass is 32.1. The van der Waals surface area contributed by atoms with E-state index in [1.165, 1.54) is 17.4 Å². The first-order chi connectivity index (χ1) is 13.7. The van der Waals surface area contributed by atoms with Crippen LogP contribution in [-0.2, 0) is 6.61 Å². The third-order valence-electron chi connectivity index (χ3n) is 5.76. The first kappa shape index (κ1) is 17.6. The van der Waals surface area contributed by atoms with E-state index >= 15 is 0 Å². The average molecular weight is 396 g/mol. The molecule has 2 aliphatic heterocycles. The Bertz CT molecular complexity index is 1010. The van der Waals surface area contributed by atoms with Crippen LogP contribution >= 0.6 is 11.3 Å². The smallest absolute Gasteiger partial charge is 0.264 e. The molecule has 2 aliphatic rings. The van der Waals surface area contributed by atoms with Gasteiger partial charge in [0.25, 0.3) is 5.91 Å². The van der Waals surface area contributed by atoms with Crippen LogP contribution in [0.2, 0.25) is 0 Å². The quantitative estimate of drug-likeness (QED) is 0.727. The first-order valence-electron chi connectivity index (χ1n) is 9.58.